The first-order valence-corrected chi connectivity index (χ1v) is 5.45. The first kappa shape index (κ1) is 13.4. The first-order chi connectivity index (χ1) is 7.44. The van der Waals surface area contributed by atoms with Crippen LogP contribution in [0.25, 0.3) is 0 Å². The summed E-state index contributed by atoms with van der Waals surface area (Å²) in [4.78, 5) is 0. The predicted octanol–water partition coefficient (Wildman–Crippen LogP) is 3.01. The van der Waals surface area contributed by atoms with Gasteiger partial charge in [0, 0.05) is 16.0 Å². The molecular weight excluding hydrogens is 231 g/mol. The maximum absolute atomic E-state index is 13.3. The molecule has 0 aliphatic heterocycles. The zero-order valence-electron chi connectivity index (χ0n) is 9.46. The summed E-state index contributed by atoms with van der Waals surface area (Å²) >= 11 is 5.63. The molecule has 0 aliphatic rings. The van der Waals surface area contributed by atoms with Crippen molar-refractivity contribution >= 4 is 11.6 Å². The van der Waals surface area contributed by atoms with Crippen molar-refractivity contribution < 1.29 is 14.2 Å². The molecule has 16 heavy (non-hydrogen) atoms. The van der Waals surface area contributed by atoms with Gasteiger partial charge in [-0.1, -0.05) is 31.5 Å². The summed E-state index contributed by atoms with van der Waals surface area (Å²) in [6.45, 7) is 4.37. The van der Waals surface area contributed by atoms with Crippen LogP contribution in [0.1, 0.15) is 19.4 Å². The van der Waals surface area contributed by atoms with Gasteiger partial charge in [0.25, 0.3) is 0 Å². The summed E-state index contributed by atoms with van der Waals surface area (Å²) in [5.41, 5.74) is 0.168. The molecule has 0 amide bonds. The van der Waals surface area contributed by atoms with E-state index in [9.17, 15) is 4.39 Å². The lowest BCUT2D eigenvalue weighted by atomic mass is 9.97. The van der Waals surface area contributed by atoms with Gasteiger partial charge in [-0.2, -0.15) is 0 Å². The quantitative estimate of drug-likeness (QED) is 0.866. The van der Waals surface area contributed by atoms with Crippen LogP contribution >= 0.6 is 11.6 Å². The first-order valence-electron chi connectivity index (χ1n) is 5.07. The molecular formula is C12H16ClFO2. The minimum atomic E-state index is -0.366. The second-order valence-corrected chi connectivity index (χ2v) is 4.99. The number of hydrogen-bond donors (Lipinski definition) is 1. The van der Waals surface area contributed by atoms with Gasteiger partial charge in [0.2, 0.25) is 0 Å². The molecule has 0 unspecified atom stereocenters. The van der Waals surface area contributed by atoms with Crippen LogP contribution < -0.4 is 0 Å². The van der Waals surface area contributed by atoms with Crippen LogP contribution in [0.5, 0.6) is 0 Å². The van der Waals surface area contributed by atoms with Gasteiger partial charge in [0.15, 0.2) is 0 Å². The fraction of sp³-hybridized carbons (Fsp3) is 0.500. The number of benzene rings is 1. The standard InChI is InChI=1S/C12H16ClFO2/c1-12(2,7-15)8-16-6-9-3-4-10(13)5-11(9)14/h3-5,15H,6-8H2,1-2H3. The van der Waals surface area contributed by atoms with Crippen LogP contribution in [0.15, 0.2) is 18.2 Å². The predicted molar refractivity (Wildman–Crippen MR) is 61.9 cm³/mol. The van der Waals surface area contributed by atoms with Crippen LogP contribution in [0, 0.1) is 11.2 Å². The van der Waals surface area contributed by atoms with E-state index >= 15 is 0 Å². The van der Waals surface area contributed by atoms with E-state index in [-0.39, 0.29) is 24.4 Å². The highest BCUT2D eigenvalue weighted by Gasteiger charge is 2.16. The van der Waals surface area contributed by atoms with Gasteiger partial charge in [0.1, 0.15) is 5.82 Å². The average molecular weight is 247 g/mol. The Bertz CT molecular complexity index is 353. The minimum absolute atomic E-state index is 0.0378. The summed E-state index contributed by atoms with van der Waals surface area (Å²) in [6.07, 6.45) is 0. The van der Waals surface area contributed by atoms with E-state index in [1.807, 2.05) is 13.8 Å². The van der Waals surface area contributed by atoms with Crippen molar-refractivity contribution in [3.05, 3.63) is 34.6 Å². The SMILES string of the molecule is CC(C)(CO)COCc1ccc(Cl)cc1F. The lowest BCUT2D eigenvalue weighted by Crippen LogP contribution is -2.23. The van der Waals surface area contributed by atoms with Crippen molar-refractivity contribution in [2.75, 3.05) is 13.2 Å². The Kier molecular flexibility index (Phi) is 4.71. The molecule has 0 atom stereocenters. The van der Waals surface area contributed by atoms with Crippen LogP contribution in [0.4, 0.5) is 4.39 Å². The second-order valence-electron chi connectivity index (χ2n) is 4.55. The molecule has 90 valence electrons. The van der Waals surface area contributed by atoms with Gasteiger partial charge < -0.3 is 9.84 Å². The zero-order valence-corrected chi connectivity index (χ0v) is 10.2. The number of aliphatic hydroxyl groups is 1. The van der Waals surface area contributed by atoms with E-state index in [2.05, 4.69) is 0 Å². The Balaban J connectivity index is 2.49. The Labute approximate surface area is 100.0 Å². The molecule has 1 N–H and O–H groups in total. The molecule has 0 spiro atoms. The zero-order chi connectivity index (χ0) is 12.2. The van der Waals surface area contributed by atoms with Crippen molar-refractivity contribution in [1.82, 2.24) is 0 Å². The number of rotatable bonds is 5. The van der Waals surface area contributed by atoms with Gasteiger partial charge >= 0.3 is 0 Å². The van der Waals surface area contributed by atoms with E-state index < -0.39 is 0 Å². The van der Waals surface area contributed by atoms with Crippen molar-refractivity contribution in [2.45, 2.75) is 20.5 Å². The van der Waals surface area contributed by atoms with Crippen molar-refractivity contribution in [3.63, 3.8) is 0 Å². The van der Waals surface area contributed by atoms with Crippen molar-refractivity contribution in [3.8, 4) is 0 Å². The van der Waals surface area contributed by atoms with Crippen LogP contribution in [-0.4, -0.2) is 18.3 Å². The summed E-state index contributed by atoms with van der Waals surface area (Å²) in [7, 11) is 0. The molecule has 0 aromatic heterocycles. The van der Waals surface area contributed by atoms with Gasteiger partial charge in [-0.3, -0.25) is 0 Å². The Morgan fingerprint density at radius 1 is 1.44 bits per heavy atom. The minimum Gasteiger partial charge on any atom is -0.396 e. The van der Waals surface area contributed by atoms with E-state index in [0.29, 0.717) is 17.2 Å². The molecule has 1 aromatic carbocycles. The monoisotopic (exact) mass is 246 g/mol. The maximum atomic E-state index is 13.3. The number of ether oxygens (including phenoxy) is 1. The third kappa shape index (κ3) is 4.08. The Morgan fingerprint density at radius 3 is 2.69 bits per heavy atom. The van der Waals surface area contributed by atoms with Crippen LogP contribution in [-0.2, 0) is 11.3 Å². The number of aliphatic hydroxyl groups excluding tert-OH is 1. The highest BCUT2D eigenvalue weighted by molar-refractivity contribution is 6.30. The highest BCUT2D eigenvalue weighted by Crippen LogP contribution is 2.18. The van der Waals surface area contributed by atoms with Gasteiger partial charge in [-0.05, 0) is 12.1 Å². The second kappa shape index (κ2) is 5.62. The van der Waals surface area contributed by atoms with Crippen molar-refractivity contribution in [2.24, 2.45) is 5.41 Å². The molecule has 4 heteroatoms. The molecule has 0 fully saturated rings. The molecule has 0 heterocycles. The highest BCUT2D eigenvalue weighted by atomic mass is 35.5. The summed E-state index contributed by atoms with van der Waals surface area (Å²) in [5, 5.41) is 9.38. The third-order valence-electron chi connectivity index (χ3n) is 2.19. The molecule has 0 aliphatic carbocycles. The smallest absolute Gasteiger partial charge is 0.130 e. The molecule has 0 bridgehead atoms. The molecule has 0 saturated heterocycles. The molecule has 2 nitrogen and oxygen atoms in total. The fourth-order valence-corrected chi connectivity index (χ4v) is 1.28. The van der Waals surface area contributed by atoms with E-state index in [4.69, 9.17) is 21.4 Å². The third-order valence-corrected chi connectivity index (χ3v) is 2.43. The van der Waals surface area contributed by atoms with E-state index in [1.165, 1.54) is 6.07 Å². The van der Waals surface area contributed by atoms with E-state index in [0.717, 1.165) is 0 Å². The molecule has 0 radical (unpaired) electrons. The van der Waals surface area contributed by atoms with Crippen LogP contribution in [0.3, 0.4) is 0 Å². The average Bonchev–Trinajstić information content (AvgIpc) is 2.21. The fourth-order valence-electron chi connectivity index (χ4n) is 1.12. The van der Waals surface area contributed by atoms with E-state index in [1.54, 1.807) is 12.1 Å². The van der Waals surface area contributed by atoms with Crippen molar-refractivity contribution in [1.29, 1.82) is 0 Å². The summed E-state index contributed by atoms with van der Waals surface area (Å²) in [6, 6.07) is 4.49. The molecule has 1 rings (SSSR count). The Hall–Kier alpha value is -0.640. The van der Waals surface area contributed by atoms with Gasteiger partial charge in [-0.25, -0.2) is 4.39 Å². The van der Waals surface area contributed by atoms with Crippen LogP contribution in [0.2, 0.25) is 5.02 Å². The number of hydrogen-bond acceptors (Lipinski definition) is 2. The summed E-state index contributed by atoms with van der Waals surface area (Å²) in [5.74, 6) is -0.366. The molecule has 1 aromatic rings. The van der Waals surface area contributed by atoms with Gasteiger partial charge in [0.05, 0.1) is 19.8 Å². The lowest BCUT2D eigenvalue weighted by Gasteiger charge is -2.21. The normalized spacial score (nSPS) is 11.8. The van der Waals surface area contributed by atoms with Gasteiger partial charge in [-0.15, -0.1) is 0 Å². The topological polar surface area (TPSA) is 29.5 Å². The molecule has 0 saturated carbocycles. The maximum Gasteiger partial charge on any atom is 0.130 e. The largest absolute Gasteiger partial charge is 0.396 e. The Morgan fingerprint density at radius 2 is 2.12 bits per heavy atom. The lowest BCUT2D eigenvalue weighted by molar-refractivity contribution is 0.0188. The number of halogens is 2. The summed E-state index contributed by atoms with van der Waals surface area (Å²) < 4.78 is 18.7.